The molecule has 0 aliphatic rings. The van der Waals surface area contributed by atoms with Gasteiger partial charge in [0.05, 0.1) is 42.3 Å². The summed E-state index contributed by atoms with van der Waals surface area (Å²) in [6, 6.07) is 16.5. The third-order valence-electron chi connectivity index (χ3n) is 5.82. The number of carbonyl (C=O) groups excluding carboxylic acids is 1. The van der Waals surface area contributed by atoms with E-state index in [0.29, 0.717) is 33.9 Å². The number of hydrogen-bond acceptors (Lipinski definition) is 6. The lowest BCUT2D eigenvalue weighted by atomic mass is 10.2. The zero-order valence-electron chi connectivity index (χ0n) is 18.9. The van der Waals surface area contributed by atoms with Crippen molar-refractivity contribution in [1.82, 2.24) is 14.1 Å². The molecule has 0 radical (unpaired) electrons. The molecule has 172 valence electrons. The van der Waals surface area contributed by atoms with Crippen LogP contribution in [-0.2, 0) is 13.1 Å². The van der Waals surface area contributed by atoms with Crippen molar-refractivity contribution >= 4 is 28.4 Å². The zero-order valence-corrected chi connectivity index (χ0v) is 19.7. The number of thioether (sulfide) groups is 1. The first-order valence-corrected chi connectivity index (χ1v) is 11.9. The minimum absolute atomic E-state index is 0.0178. The molecule has 0 fully saturated rings. The van der Waals surface area contributed by atoms with Gasteiger partial charge >= 0.3 is 0 Å². The Bertz CT molecular complexity index is 1510. The topological polar surface area (TPSA) is 83.2 Å². The van der Waals surface area contributed by atoms with Crippen molar-refractivity contribution in [3.05, 3.63) is 106 Å². The molecule has 4 aromatic heterocycles. The van der Waals surface area contributed by atoms with E-state index in [2.05, 4.69) is 4.57 Å². The van der Waals surface area contributed by atoms with E-state index >= 15 is 0 Å². The molecule has 0 aliphatic heterocycles. The molecular weight excluding hydrogens is 450 g/mol. The van der Waals surface area contributed by atoms with Crippen molar-refractivity contribution in [3.63, 3.8) is 0 Å². The van der Waals surface area contributed by atoms with Gasteiger partial charge in [0, 0.05) is 17.0 Å². The molecule has 0 saturated carbocycles. The van der Waals surface area contributed by atoms with Gasteiger partial charge in [-0.15, -0.1) is 0 Å². The summed E-state index contributed by atoms with van der Waals surface area (Å²) in [6.07, 6.45) is 3.22. The van der Waals surface area contributed by atoms with Gasteiger partial charge in [-0.05, 0) is 56.3 Å². The summed E-state index contributed by atoms with van der Waals surface area (Å²) in [5, 5.41) is 1.02. The Hall–Kier alpha value is -3.78. The lowest BCUT2D eigenvalue weighted by Crippen LogP contribution is -2.24. The van der Waals surface area contributed by atoms with E-state index in [9.17, 15) is 9.59 Å². The minimum Gasteiger partial charge on any atom is -0.467 e. The van der Waals surface area contributed by atoms with Gasteiger partial charge in [-0.3, -0.25) is 14.2 Å². The number of rotatable bonds is 8. The lowest BCUT2D eigenvalue weighted by Gasteiger charge is -2.12. The highest BCUT2D eigenvalue weighted by molar-refractivity contribution is 7.99. The molecule has 0 saturated heterocycles. The number of para-hydroxylation sites is 1. The fraction of sp³-hybridized carbons (Fsp3) is 0.192. The molecule has 0 bridgehead atoms. The third kappa shape index (κ3) is 4.24. The largest absolute Gasteiger partial charge is 0.467 e. The number of Topliss-reactive ketones (excluding diaryl/α,β-unsaturated/α-hetero) is 1. The molecule has 4 heterocycles. The van der Waals surface area contributed by atoms with Crippen LogP contribution in [0.4, 0.5) is 0 Å². The summed E-state index contributed by atoms with van der Waals surface area (Å²) >= 11 is 1.26. The molecule has 5 rings (SSSR count). The van der Waals surface area contributed by atoms with Gasteiger partial charge < -0.3 is 13.4 Å². The van der Waals surface area contributed by atoms with E-state index in [-0.39, 0.29) is 23.6 Å². The number of benzene rings is 1. The van der Waals surface area contributed by atoms with Gasteiger partial charge in [0.1, 0.15) is 11.5 Å². The first-order valence-electron chi connectivity index (χ1n) is 10.9. The Labute approximate surface area is 200 Å². The van der Waals surface area contributed by atoms with Crippen LogP contribution in [-0.4, -0.2) is 25.7 Å². The van der Waals surface area contributed by atoms with Crippen LogP contribution >= 0.6 is 11.8 Å². The maximum absolute atomic E-state index is 13.2. The van der Waals surface area contributed by atoms with Crippen molar-refractivity contribution in [1.29, 1.82) is 0 Å². The Morgan fingerprint density at radius 1 is 0.941 bits per heavy atom. The number of fused-ring (bicyclic) bond motifs is 1. The van der Waals surface area contributed by atoms with E-state index < -0.39 is 0 Å². The van der Waals surface area contributed by atoms with Gasteiger partial charge in [-0.25, -0.2) is 4.98 Å². The van der Waals surface area contributed by atoms with Crippen molar-refractivity contribution in [2.75, 3.05) is 5.75 Å². The fourth-order valence-corrected chi connectivity index (χ4v) is 4.93. The number of hydrogen-bond donors (Lipinski definition) is 0. The monoisotopic (exact) mass is 473 g/mol. The Morgan fingerprint density at radius 3 is 2.29 bits per heavy atom. The van der Waals surface area contributed by atoms with Crippen LogP contribution in [0.25, 0.3) is 10.9 Å². The van der Waals surface area contributed by atoms with Crippen molar-refractivity contribution in [2.24, 2.45) is 0 Å². The van der Waals surface area contributed by atoms with Crippen LogP contribution < -0.4 is 5.56 Å². The van der Waals surface area contributed by atoms with Gasteiger partial charge in [-0.1, -0.05) is 23.9 Å². The highest BCUT2D eigenvalue weighted by Crippen LogP contribution is 2.23. The van der Waals surface area contributed by atoms with E-state index in [1.54, 1.807) is 29.2 Å². The SMILES string of the molecule is Cc1cc(C(=O)CSc2nc3ccccc3c(=O)n2Cc2ccco2)c(C)n1Cc1ccco1. The molecule has 1 aromatic carbocycles. The van der Waals surface area contributed by atoms with Gasteiger partial charge in [0.25, 0.3) is 5.56 Å². The predicted molar refractivity (Wildman–Crippen MR) is 131 cm³/mol. The summed E-state index contributed by atoms with van der Waals surface area (Å²) in [5.41, 5.74) is 2.99. The maximum Gasteiger partial charge on any atom is 0.262 e. The first-order chi connectivity index (χ1) is 16.5. The average Bonchev–Trinajstić information content (AvgIpc) is 3.59. The number of ketones is 1. The van der Waals surface area contributed by atoms with E-state index in [1.165, 1.54) is 11.8 Å². The zero-order chi connectivity index (χ0) is 23.7. The van der Waals surface area contributed by atoms with Crippen molar-refractivity contribution in [2.45, 2.75) is 32.1 Å². The summed E-state index contributed by atoms with van der Waals surface area (Å²) in [6.45, 7) is 4.73. The molecule has 8 heteroatoms. The Balaban J connectivity index is 1.43. The van der Waals surface area contributed by atoms with E-state index in [1.807, 2.05) is 56.3 Å². The molecule has 0 amide bonds. The summed E-state index contributed by atoms with van der Waals surface area (Å²) in [7, 11) is 0. The standard InChI is InChI=1S/C26H23N3O4S/c1-17-13-22(18(2)28(17)14-19-7-5-11-32-19)24(30)16-34-26-27-23-10-4-3-9-21(23)25(31)29(26)15-20-8-6-12-33-20/h3-13H,14-16H2,1-2H3. The molecule has 5 aromatic rings. The van der Waals surface area contributed by atoms with Crippen LogP contribution in [0.15, 0.2) is 85.9 Å². The van der Waals surface area contributed by atoms with Crippen LogP contribution in [0.1, 0.15) is 33.3 Å². The number of carbonyl (C=O) groups is 1. The van der Waals surface area contributed by atoms with Crippen molar-refractivity contribution in [3.8, 4) is 0 Å². The molecule has 0 aliphatic carbocycles. The molecule has 0 spiro atoms. The molecule has 34 heavy (non-hydrogen) atoms. The molecule has 0 N–H and O–H groups in total. The van der Waals surface area contributed by atoms with Crippen LogP contribution in [0, 0.1) is 13.8 Å². The smallest absolute Gasteiger partial charge is 0.262 e. The van der Waals surface area contributed by atoms with Gasteiger partial charge in [0.2, 0.25) is 0 Å². The summed E-state index contributed by atoms with van der Waals surface area (Å²) in [5.74, 6) is 1.62. The molecular formula is C26H23N3O4S. The molecule has 7 nitrogen and oxygen atoms in total. The Morgan fingerprint density at radius 2 is 1.62 bits per heavy atom. The number of furan rings is 2. The van der Waals surface area contributed by atoms with Crippen LogP contribution in [0.3, 0.4) is 0 Å². The normalized spacial score (nSPS) is 11.4. The quantitative estimate of drug-likeness (QED) is 0.178. The highest BCUT2D eigenvalue weighted by Gasteiger charge is 2.19. The number of aromatic nitrogens is 3. The van der Waals surface area contributed by atoms with Crippen LogP contribution in [0.2, 0.25) is 0 Å². The minimum atomic E-state index is -0.159. The second kappa shape index (κ2) is 9.23. The fourth-order valence-electron chi connectivity index (χ4n) is 4.05. The number of aryl methyl sites for hydroxylation is 1. The third-order valence-corrected chi connectivity index (χ3v) is 6.80. The number of nitrogens with zero attached hydrogens (tertiary/aromatic N) is 3. The van der Waals surface area contributed by atoms with Crippen molar-refractivity contribution < 1.29 is 13.6 Å². The van der Waals surface area contributed by atoms with E-state index in [4.69, 9.17) is 13.8 Å². The second-order valence-corrected chi connectivity index (χ2v) is 8.99. The summed E-state index contributed by atoms with van der Waals surface area (Å²) in [4.78, 5) is 31.1. The highest BCUT2D eigenvalue weighted by atomic mass is 32.2. The van der Waals surface area contributed by atoms with Gasteiger partial charge in [-0.2, -0.15) is 0 Å². The van der Waals surface area contributed by atoms with E-state index in [0.717, 1.165) is 17.1 Å². The van der Waals surface area contributed by atoms with Crippen LogP contribution in [0.5, 0.6) is 0 Å². The molecule has 0 atom stereocenters. The lowest BCUT2D eigenvalue weighted by molar-refractivity contribution is 0.102. The summed E-state index contributed by atoms with van der Waals surface area (Å²) < 4.78 is 14.6. The predicted octanol–water partition coefficient (Wildman–Crippen LogP) is 5.07. The molecule has 0 unspecified atom stereocenters. The Kier molecular flexibility index (Phi) is 5.98. The first kappa shape index (κ1) is 22.0. The van der Waals surface area contributed by atoms with Gasteiger partial charge in [0.15, 0.2) is 10.9 Å². The average molecular weight is 474 g/mol. The second-order valence-electron chi connectivity index (χ2n) is 8.04. The maximum atomic E-state index is 13.2.